The van der Waals surface area contributed by atoms with Gasteiger partial charge in [-0.3, -0.25) is 9.59 Å². The van der Waals surface area contributed by atoms with Gasteiger partial charge in [0.25, 0.3) is 5.91 Å². The minimum Gasteiger partial charge on any atom is -0.434 e. The Balaban J connectivity index is 1.78. The smallest absolute Gasteiger partial charge is 0.387 e. The van der Waals surface area contributed by atoms with Gasteiger partial charge < -0.3 is 14.2 Å². The highest BCUT2D eigenvalue weighted by Gasteiger charge is 2.44. The number of nitrogens with zero attached hydrogens (tertiary/aromatic N) is 3. The Bertz CT molecular complexity index is 1270. The van der Waals surface area contributed by atoms with Crippen molar-refractivity contribution in [1.82, 2.24) is 14.5 Å². The summed E-state index contributed by atoms with van der Waals surface area (Å²) in [7, 11) is 1.69. The van der Waals surface area contributed by atoms with E-state index < -0.39 is 12.7 Å². The van der Waals surface area contributed by atoms with Crippen molar-refractivity contribution in [3.8, 4) is 17.6 Å². The fourth-order valence-electron chi connectivity index (χ4n) is 4.47. The van der Waals surface area contributed by atoms with E-state index in [4.69, 9.17) is 9.72 Å². The topological polar surface area (TPSA) is 64.4 Å². The molecule has 30 heavy (non-hydrogen) atoms. The lowest BCUT2D eigenvalue weighted by Crippen LogP contribution is -2.30. The molecule has 2 bridgehead atoms. The summed E-state index contributed by atoms with van der Waals surface area (Å²) >= 11 is 0. The number of fused-ring (bicyclic) bond motifs is 9. The second-order valence-corrected chi connectivity index (χ2v) is 7.21. The lowest BCUT2D eigenvalue weighted by atomic mass is 9.97. The summed E-state index contributed by atoms with van der Waals surface area (Å²) in [5.41, 5.74) is 2.87. The highest BCUT2D eigenvalue weighted by atomic mass is 19.3. The molecule has 150 valence electrons. The Hall–Kier alpha value is -3.73. The first-order chi connectivity index (χ1) is 14.5. The van der Waals surface area contributed by atoms with E-state index in [9.17, 15) is 18.4 Å². The first-order valence-electron chi connectivity index (χ1n) is 9.31. The number of alkyl halides is 2. The van der Waals surface area contributed by atoms with Gasteiger partial charge in [0.2, 0.25) is 0 Å². The fourth-order valence-corrected chi connectivity index (χ4v) is 4.47. The molecule has 0 saturated carbocycles. The van der Waals surface area contributed by atoms with Crippen LogP contribution in [0.1, 0.15) is 45.8 Å². The molecular formula is C22H15F2N3O3. The number of ether oxygens (including phenoxy) is 1. The van der Waals surface area contributed by atoms with Crippen LogP contribution in [-0.2, 0) is 4.79 Å². The van der Waals surface area contributed by atoms with Crippen LogP contribution < -0.4 is 4.74 Å². The zero-order valence-corrected chi connectivity index (χ0v) is 15.8. The molecule has 0 N–H and O–H groups in total. The van der Waals surface area contributed by atoms with Crippen molar-refractivity contribution in [2.24, 2.45) is 0 Å². The molecule has 1 amide bonds. The van der Waals surface area contributed by atoms with Crippen LogP contribution in [-0.4, -0.2) is 40.3 Å². The minimum atomic E-state index is -3.01. The summed E-state index contributed by atoms with van der Waals surface area (Å²) in [4.78, 5) is 30.0. The molecule has 8 heteroatoms. The average Bonchev–Trinajstić information content (AvgIpc) is 3.24. The van der Waals surface area contributed by atoms with E-state index in [0.717, 1.165) is 5.52 Å². The molecule has 6 nitrogen and oxygen atoms in total. The molecule has 2 aromatic carbocycles. The maximum absolute atomic E-state index is 13.1. The van der Waals surface area contributed by atoms with Gasteiger partial charge in [-0.15, -0.1) is 0 Å². The zero-order chi connectivity index (χ0) is 21.0. The highest BCUT2D eigenvalue weighted by molar-refractivity contribution is 5.97. The molecule has 2 aliphatic heterocycles. The third kappa shape index (κ3) is 2.59. The van der Waals surface area contributed by atoms with Crippen molar-refractivity contribution in [2.75, 3.05) is 7.05 Å². The normalized spacial score (nSPS) is 19.2. The molecule has 2 atom stereocenters. The number of aldehydes is 1. The van der Waals surface area contributed by atoms with E-state index in [2.05, 4.69) is 11.8 Å². The molecule has 3 aromatic rings. The molecule has 0 saturated heterocycles. The molecule has 5 rings (SSSR count). The van der Waals surface area contributed by atoms with E-state index >= 15 is 0 Å². The van der Waals surface area contributed by atoms with Gasteiger partial charge in [0.15, 0.2) is 6.29 Å². The number of imidazole rings is 1. The Morgan fingerprint density at radius 3 is 2.87 bits per heavy atom. The largest absolute Gasteiger partial charge is 0.434 e. The van der Waals surface area contributed by atoms with E-state index in [0.29, 0.717) is 40.7 Å². The summed E-state index contributed by atoms with van der Waals surface area (Å²) in [6.07, 6.45) is 1.02. The average molecular weight is 407 g/mol. The number of rotatable bonds is 2. The van der Waals surface area contributed by atoms with Gasteiger partial charge in [0.1, 0.15) is 11.6 Å². The summed E-state index contributed by atoms with van der Waals surface area (Å²) in [5.74, 6) is 5.57. The van der Waals surface area contributed by atoms with Gasteiger partial charge >= 0.3 is 6.61 Å². The van der Waals surface area contributed by atoms with Crippen molar-refractivity contribution in [3.63, 3.8) is 0 Å². The number of amides is 1. The quantitative estimate of drug-likeness (QED) is 0.483. The molecule has 0 radical (unpaired) electrons. The molecule has 3 heterocycles. The van der Waals surface area contributed by atoms with Crippen molar-refractivity contribution in [2.45, 2.75) is 25.1 Å². The number of benzene rings is 2. The number of hydrogen-bond donors (Lipinski definition) is 0. The lowest BCUT2D eigenvalue weighted by molar-refractivity contribution is -0.103. The van der Waals surface area contributed by atoms with Crippen LogP contribution in [0.15, 0.2) is 36.4 Å². The predicted molar refractivity (Wildman–Crippen MR) is 103 cm³/mol. The fraction of sp³-hybridized carbons (Fsp3) is 0.227. The van der Waals surface area contributed by atoms with Crippen molar-refractivity contribution in [3.05, 3.63) is 58.9 Å². The van der Waals surface area contributed by atoms with Crippen molar-refractivity contribution >= 4 is 23.2 Å². The molecule has 1 unspecified atom stereocenters. The Labute approximate surface area is 170 Å². The van der Waals surface area contributed by atoms with Crippen LogP contribution in [0.25, 0.3) is 11.0 Å². The standard InChI is InChI=1S/C22H15F2N3O3/c1-26-17-11-16(19-13(21(26)29)5-2-6-18(19)30-22(23)24)27-15-10-12(4-3-9-28)7-8-14(15)25-20(17)27/h2,5-10,16-17,22H,11H2,1H3/t16-,17?/m1/s1. The Kier molecular flexibility index (Phi) is 4.07. The minimum absolute atomic E-state index is 0.0125. The summed E-state index contributed by atoms with van der Waals surface area (Å²) in [5, 5.41) is 0. The number of carbonyl (C=O) groups excluding carboxylic acids is 2. The monoisotopic (exact) mass is 407 g/mol. The summed E-state index contributed by atoms with van der Waals surface area (Å²) < 4.78 is 32.9. The Morgan fingerprint density at radius 2 is 2.10 bits per heavy atom. The lowest BCUT2D eigenvalue weighted by Gasteiger charge is -2.24. The van der Waals surface area contributed by atoms with Crippen LogP contribution in [0.4, 0.5) is 8.78 Å². The third-order valence-corrected chi connectivity index (χ3v) is 5.68. The van der Waals surface area contributed by atoms with Gasteiger partial charge in [-0.2, -0.15) is 8.78 Å². The van der Waals surface area contributed by atoms with Gasteiger partial charge in [-0.1, -0.05) is 12.0 Å². The first-order valence-corrected chi connectivity index (χ1v) is 9.31. The van der Waals surface area contributed by atoms with Gasteiger partial charge in [0.05, 0.1) is 23.1 Å². The molecular weight excluding hydrogens is 392 g/mol. The predicted octanol–water partition coefficient (Wildman–Crippen LogP) is 3.31. The molecule has 2 aliphatic rings. The number of carbonyl (C=O) groups is 2. The van der Waals surface area contributed by atoms with Crippen LogP contribution in [0.2, 0.25) is 0 Å². The number of hydrogen-bond acceptors (Lipinski definition) is 4. The van der Waals surface area contributed by atoms with Crippen LogP contribution >= 0.6 is 0 Å². The summed E-state index contributed by atoms with van der Waals surface area (Å²) in [6, 6.07) is 9.31. The molecule has 0 fully saturated rings. The maximum Gasteiger partial charge on any atom is 0.387 e. The molecule has 0 spiro atoms. The van der Waals surface area contributed by atoms with Gasteiger partial charge in [0, 0.05) is 30.2 Å². The SMILES string of the molecule is CN1C(=O)c2cccc(OC(F)F)c2[C@H]2CC1c1nc3ccc(C#CC=O)cc3n12. The van der Waals surface area contributed by atoms with E-state index in [1.807, 2.05) is 10.6 Å². The van der Waals surface area contributed by atoms with E-state index in [1.165, 1.54) is 6.07 Å². The second-order valence-electron chi connectivity index (χ2n) is 7.21. The van der Waals surface area contributed by atoms with Crippen LogP contribution in [0.5, 0.6) is 5.75 Å². The molecule has 0 aliphatic carbocycles. The van der Waals surface area contributed by atoms with E-state index in [-0.39, 0.29) is 17.7 Å². The van der Waals surface area contributed by atoms with Crippen molar-refractivity contribution < 1.29 is 23.1 Å². The van der Waals surface area contributed by atoms with Gasteiger partial charge in [-0.25, -0.2) is 4.98 Å². The van der Waals surface area contributed by atoms with Crippen LogP contribution in [0, 0.1) is 11.8 Å². The molecule has 1 aromatic heterocycles. The number of aromatic nitrogens is 2. The van der Waals surface area contributed by atoms with Crippen LogP contribution in [0.3, 0.4) is 0 Å². The summed E-state index contributed by atoms with van der Waals surface area (Å²) in [6.45, 7) is -3.01. The first kappa shape index (κ1) is 18.3. The maximum atomic E-state index is 13.1. The van der Waals surface area contributed by atoms with Crippen molar-refractivity contribution in [1.29, 1.82) is 0 Å². The van der Waals surface area contributed by atoms with Gasteiger partial charge in [-0.05, 0) is 36.3 Å². The number of halogens is 2. The highest BCUT2D eigenvalue weighted by Crippen LogP contribution is 2.49. The Morgan fingerprint density at radius 1 is 1.27 bits per heavy atom. The zero-order valence-electron chi connectivity index (χ0n) is 15.8. The van der Waals surface area contributed by atoms with E-state index in [1.54, 1.807) is 36.2 Å². The second kappa shape index (κ2) is 6.66. The third-order valence-electron chi connectivity index (χ3n) is 5.68.